The number of anilines is 1. The van der Waals surface area contributed by atoms with Crippen LogP contribution in [0.4, 0.5) is 5.13 Å². The number of ketones is 1. The molecule has 198 valence electrons. The third-order valence-electron chi connectivity index (χ3n) is 5.96. The van der Waals surface area contributed by atoms with E-state index in [1.165, 1.54) is 22.3 Å². The van der Waals surface area contributed by atoms with Crippen molar-refractivity contribution in [1.29, 1.82) is 0 Å². The Hall–Kier alpha value is -3.98. The van der Waals surface area contributed by atoms with Crippen molar-refractivity contribution in [2.24, 2.45) is 5.92 Å². The second-order valence-corrected chi connectivity index (χ2v) is 10.4. The lowest BCUT2D eigenvalue weighted by Crippen LogP contribution is -2.31. The van der Waals surface area contributed by atoms with E-state index < -0.39 is 23.5 Å². The van der Waals surface area contributed by atoms with E-state index in [1.807, 2.05) is 37.3 Å². The zero-order valence-electron chi connectivity index (χ0n) is 21.9. The number of hydrogen-bond acceptors (Lipinski definition) is 8. The number of carbonyl (C=O) groups is 2. The Morgan fingerprint density at radius 3 is 2.55 bits per heavy atom. The molecule has 1 atom stereocenters. The summed E-state index contributed by atoms with van der Waals surface area (Å²) in [4.78, 5) is 28.1. The molecule has 0 saturated heterocycles. The van der Waals surface area contributed by atoms with Crippen LogP contribution in [0.3, 0.4) is 0 Å². The first-order valence-electron chi connectivity index (χ1n) is 12.5. The summed E-state index contributed by atoms with van der Waals surface area (Å²) in [6.45, 7) is 8.83. The summed E-state index contributed by atoms with van der Waals surface area (Å²) in [6.07, 6.45) is 3.90. The summed E-state index contributed by atoms with van der Waals surface area (Å²) in [7, 11) is 0. The molecule has 1 aliphatic heterocycles. The molecule has 2 heterocycles. The molecule has 0 aliphatic carbocycles. The maximum Gasteiger partial charge on any atom is 0.296 e. The molecule has 2 aromatic carbocycles. The number of allylic oxidation sites excluding steroid dienone is 1. The first kappa shape index (κ1) is 27.1. The number of nitrogens with zero attached hydrogens (tertiary/aromatic N) is 3. The van der Waals surface area contributed by atoms with E-state index >= 15 is 0 Å². The largest absolute Gasteiger partial charge is 0.503 e. The van der Waals surface area contributed by atoms with Crippen molar-refractivity contribution in [1.82, 2.24) is 10.2 Å². The van der Waals surface area contributed by atoms with Crippen molar-refractivity contribution < 1.29 is 24.2 Å². The van der Waals surface area contributed by atoms with E-state index in [2.05, 4.69) is 24.0 Å². The van der Waals surface area contributed by atoms with Gasteiger partial charge in [0.2, 0.25) is 5.13 Å². The maximum absolute atomic E-state index is 13.5. The summed E-state index contributed by atoms with van der Waals surface area (Å²) in [5.74, 6) is -0.248. The van der Waals surface area contributed by atoms with Gasteiger partial charge < -0.3 is 14.6 Å². The first-order valence-corrected chi connectivity index (χ1v) is 13.4. The van der Waals surface area contributed by atoms with Gasteiger partial charge in [-0.2, -0.15) is 0 Å². The second kappa shape index (κ2) is 12.0. The van der Waals surface area contributed by atoms with Crippen LogP contribution >= 0.6 is 11.3 Å². The van der Waals surface area contributed by atoms with Crippen LogP contribution in [0.5, 0.6) is 11.5 Å². The summed E-state index contributed by atoms with van der Waals surface area (Å²) in [5, 5.41) is 20.0. The summed E-state index contributed by atoms with van der Waals surface area (Å²) in [5.41, 5.74) is 1.36. The van der Waals surface area contributed by atoms with Gasteiger partial charge in [0.15, 0.2) is 23.0 Å². The maximum atomic E-state index is 13.5. The number of carbonyl (C=O) groups excluding carboxylic acids is 2. The molecular weight excluding hydrogens is 502 g/mol. The van der Waals surface area contributed by atoms with E-state index in [9.17, 15) is 14.7 Å². The molecule has 4 rings (SSSR count). The molecule has 0 spiro atoms. The van der Waals surface area contributed by atoms with Crippen molar-refractivity contribution in [3.63, 3.8) is 0 Å². The fourth-order valence-corrected chi connectivity index (χ4v) is 4.78. The minimum atomic E-state index is -0.924. The predicted molar refractivity (Wildman–Crippen MR) is 148 cm³/mol. The van der Waals surface area contributed by atoms with Crippen LogP contribution in [0.25, 0.3) is 6.08 Å². The van der Waals surface area contributed by atoms with Crippen LogP contribution in [-0.4, -0.2) is 40.2 Å². The van der Waals surface area contributed by atoms with E-state index in [1.54, 1.807) is 31.2 Å². The molecule has 0 radical (unpaired) electrons. The number of aryl methyl sites for hydroxylation is 1. The molecule has 1 aliphatic rings. The number of aromatic nitrogens is 2. The van der Waals surface area contributed by atoms with E-state index in [-0.39, 0.29) is 10.7 Å². The normalized spacial score (nSPS) is 15.7. The van der Waals surface area contributed by atoms with Crippen LogP contribution < -0.4 is 14.4 Å². The van der Waals surface area contributed by atoms with Gasteiger partial charge in [-0.15, -0.1) is 10.2 Å². The molecule has 9 heteroatoms. The Morgan fingerprint density at radius 1 is 1.13 bits per heavy atom. The van der Waals surface area contributed by atoms with Crippen LogP contribution in [0.15, 0.2) is 65.9 Å². The average Bonchev–Trinajstić information content (AvgIpc) is 3.44. The zero-order chi connectivity index (χ0) is 27.2. The fourth-order valence-electron chi connectivity index (χ4n) is 4.07. The molecule has 38 heavy (non-hydrogen) atoms. The smallest absolute Gasteiger partial charge is 0.296 e. The first-order chi connectivity index (χ1) is 18.3. The summed E-state index contributed by atoms with van der Waals surface area (Å²) in [6, 6.07) is 13.7. The van der Waals surface area contributed by atoms with Crippen LogP contribution in [0.2, 0.25) is 0 Å². The van der Waals surface area contributed by atoms with Gasteiger partial charge in [0.1, 0.15) is 5.01 Å². The summed E-state index contributed by atoms with van der Waals surface area (Å²) >= 11 is 1.20. The molecule has 0 fully saturated rings. The quantitative estimate of drug-likeness (QED) is 0.308. The highest BCUT2D eigenvalue weighted by Crippen LogP contribution is 2.44. The number of aliphatic hydroxyl groups excluding tert-OH is 1. The molecule has 3 aromatic rings. The Labute approximate surface area is 226 Å². The number of rotatable bonds is 11. The highest BCUT2D eigenvalue weighted by molar-refractivity contribution is 7.15. The van der Waals surface area contributed by atoms with Crippen molar-refractivity contribution in [2.45, 2.75) is 40.2 Å². The van der Waals surface area contributed by atoms with Gasteiger partial charge in [-0.3, -0.25) is 14.5 Å². The van der Waals surface area contributed by atoms with E-state index in [4.69, 9.17) is 9.47 Å². The van der Waals surface area contributed by atoms with Crippen molar-refractivity contribution in [3.05, 3.63) is 82.1 Å². The lowest BCUT2D eigenvalue weighted by atomic mass is 9.95. The van der Waals surface area contributed by atoms with Gasteiger partial charge in [0.05, 0.1) is 24.8 Å². The van der Waals surface area contributed by atoms with Crippen LogP contribution in [0.1, 0.15) is 49.4 Å². The number of hydrogen-bond donors (Lipinski definition) is 1. The van der Waals surface area contributed by atoms with Gasteiger partial charge >= 0.3 is 0 Å². The van der Waals surface area contributed by atoms with Gasteiger partial charge in [0, 0.05) is 0 Å². The fraction of sp³-hybridized carbons (Fsp3) is 0.310. The average molecular weight is 534 g/mol. The number of benzene rings is 2. The lowest BCUT2D eigenvalue weighted by Gasteiger charge is -2.24. The summed E-state index contributed by atoms with van der Waals surface area (Å²) < 4.78 is 11.8. The minimum absolute atomic E-state index is 0.0361. The molecule has 8 nitrogen and oxygen atoms in total. The van der Waals surface area contributed by atoms with Crippen molar-refractivity contribution in [3.8, 4) is 11.5 Å². The Balaban J connectivity index is 1.76. The third kappa shape index (κ3) is 5.94. The topological polar surface area (TPSA) is 102 Å². The van der Waals surface area contributed by atoms with Crippen LogP contribution in [0, 0.1) is 12.8 Å². The number of ether oxygens (including phenoxy) is 2. The number of amides is 1. The minimum Gasteiger partial charge on any atom is -0.503 e. The van der Waals surface area contributed by atoms with Gasteiger partial charge in [-0.1, -0.05) is 67.7 Å². The predicted octanol–water partition coefficient (Wildman–Crippen LogP) is 5.85. The SMILES string of the molecule is CCOc1cc(C2C(C(=O)C=Cc3ccccc3)=C(O)C(=O)N2c2nnc(C)s2)ccc1OCCC(C)C. The Bertz CT molecular complexity index is 1360. The third-order valence-corrected chi connectivity index (χ3v) is 6.80. The highest BCUT2D eigenvalue weighted by atomic mass is 32.1. The van der Waals surface area contributed by atoms with Crippen molar-refractivity contribution >= 4 is 34.2 Å². The van der Waals surface area contributed by atoms with Gasteiger partial charge in [-0.25, -0.2) is 0 Å². The lowest BCUT2D eigenvalue weighted by molar-refractivity contribution is -0.117. The molecular formula is C29H31N3O5S. The highest BCUT2D eigenvalue weighted by Gasteiger charge is 2.45. The monoisotopic (exact) mass is 533 g/mol. The number of aliphatic hydroxyl groups is 1. The Kier molecular flexibility index (Phi) is 8.58. The standard InChI is InChI=1S/C29H31N3O5S/c1-5-36-24-17-21(12-14-23(24)37-16-15-18(2)3)26-25(22(33)13-11-20-9-7-6-8-10-20)27(34)28(35)32(26)29-31-30-19(4)38-29/h6-14,17-18,26,34H,5,15-16H2,1-4H3. The zero-order valence-corrected chi connectivity index (χ0v) is 22.7. The van der Waals surface area contributed by atoms with Gasteiger partial charge in [0.25, 0.3) is 5.91 Å². The molecule has 1 N–H and O–H groups in total. The molecule has 0 bridgehead atoms. The molecule has 1 unspecified atom stereocenters. The van der Waals surface area contributed by atoms with E-state index in [0.29, 0.717) is 41.2 Å². The second-order valence-electron chi connectivity index (χ2n) is 9.22. The van der Waals surface area contributed by atoms with Gasteiger partial charge in [-0.05, 0) is 55.5 Å². The molecule has 0 saturated carbocycles. The van der Waals surface area contributed by atoms with Crippen molar-refractivity contribution in [2.75, 3.05) is 18.1 Å². The van der Waals surface area contributed by atoms with Crippen LogP contribution in [-0.2, 0) is 9.59 Å². The van der Waals surface area contributed by atoms with E-state index in [0.717, 1.165) is 12.0 Å². The molecule has 1 aromatic heterocycles. The molecule has 1 amide bonds. The Morgan fingerprint density at radius 2 is 1.89 bits per heavy atom.